The van der Waals surface area contributed by atoms with Gasteiger partial charge in [0.15, 0.2) is 11.6 Å². The van der Waals surface area contributed by atoms with E-state index in [9.17, 15) is 23.1 Å². The van der Waals surface area contributed by atoms with Crippen LogP contribution in [0.25, 0.3) is 0 Å². The third-order valence-electron chi connectivity index (χ3n) is 4.04. The number of anilines is 1. The molecule has 1 N–H and O–H groups in total. The molecule has 2 atom stereocenters. The maximum atomic E-state index is 14.2. The molecule has 2 unspecified atom stereocenters. The smallest absolute Gasteiger partial charge is 0.387 e. The third-order valence-corrected chi connectivity index (χ3v) is 4.04. The average Bonchev–Trinajstić information content (AvgIpc) is 2.61. The molecule has 3 rings (SSSR count). The van der Waals surface area contributed by atoms with Gasteiger partial charge in [0.25, 0.3) is 0 Å². The summed E-state index contributed by atoms with van der Waals surface area (Å²) in [5.74, 6) is -2.65. The van der Waals surface area contributed by atoms with Crippen LogP contribution in [0.15, 0.2) is 58.6 Å². The van der Waals surface area contributed by atoms with Crippen molar-refractivity contribution in [2.45, 2.75) is 12.7 Å². The minimum atomic E-state index is -3.02. The van der Waals surface area contributed by atoms with E-state index in [1.807, 2.05) is 0 Å². The molecular formula is C17H14F3N3O3. The zero-order chi connectivity index (χ0) is 18.8. The van der Waals surface area contributed by atoms with Gasteiger partial charge in [-0.05, 0) is 30.4 Å². The molecule has 26 heavy (non-hydrogen) atoms. The van der Waals surface area contributed by atoms with Gasteiger partial charge in [0.2, 0.25) is 0 Å². The first kappa shape index (κ1) is 17.7. The van der Waals surface area contributed by atoms with Gasteiger partial charge in [-0.15, -0.1) is 0 Å². The second-order valence-corrected chi connectivity index (χ2v) is 5.58. The molecule has 136 valence electrons. The molecule has 2 heterocycles. The zero-order valence-electron chi connectivity index (χ0n) is 13.5. The van der Waals surface area contributed by atoms with Crippen LogP contribution in [0.2, 0.25) is 0 Å². The molecule has 0 saturated heterocycles. The lowest BCUT2D eigenvalue weighted by molar-refractivity contribution is -0.133. The number of carboxylic acids is 1. The number of fused-ring (bicyclic) bond motifs is 1. The Balaban J connectivity index is 1.92. The number of hydrogen-bond acceptors (Lipinski definition) is 5. The predicted molar refractivity (Wildman–Crippen MR) is 88.0 cm³/mol. The van der Waals surface area contributed by atoms with Gasteiger partial charge in [0, 0.05) is 19.5 Å². The minimum absolute atomic E-state index is 0.0230. The average molecular weight is 365 g/mol. The highest BCUT2D eigenvalue weighted by atomic mass is 19.3. The number of rotatable bonds is 5. The molecule has 9 heteroatoms. The zero-order valence-corrected chi connectivity index (χ0v) is 13.5. The summed E-state index contributed by atoms with van der Waals surface area (Å²) < 4.78 is 43.8. The van der Waals surface area contributed by atoms with Crippen molar-refractivity contribution in [1.29, 1.82) is 0 Å². The van der Waals surface area contributed by atoms with Crippen LogP contribution in [0.3, 0.4) is 0 Å². The number of carboxylic acid groups (broad SMARTS) is 1. The molecule has 2 aliphatic rings. The number of carbonyl (C=O) groups is 1. The first-order valence-electron chi connectivity index (χ1n) is 7.57. The number of nitrogens with zero attached hydrogens (tertiary/aromatic N) is 3. The standard InChI is InChI=1S/C17H14F3N3O3/c1-23(15-13(26-17(19)20)3-2-6-21-15)9-7-11-12(18)5-4-10(16(24)25)14(11)22-8-9/h2-8,11,14,17H,1H3,(H,24,25). The Hall–Kier alpha value is -3.10. The van der Waals surface area contributed by atoms with Crippen LogP contribution >= 0.6 is 0 Å². The number of ether oxygens (including phenoxy) is 1. The summed E-state index contributed by atoms with van der Waals surface area (Å²) in [5, 5.41) is 9.21. The molecule has 1 aromatic heterocycles. The van der Waals surface area contributed by atoms with Crippen molar-refractivity contribution in [2.24, 2.45) is 10.9 Å². The molecule has 0 saturated carbocycles. The molecule has 1 aromatic rings. The van der Waals surface area contributed by atoms with E-state index in [0.29, 0.717) is 5.70 Å². The fourth-order valence-electron chi connectivity index (χ4n) is 2.79. The fourth-order valence-corrected chi connectivity index (χ4v) is 2.79. The summed E-state index contributed by atoms with van der Waals surface area (Å²) in [4.78, 5) is 20.9. The number of aromatic nitrogens is 1. The van der Waals surface area contributed by atoms with Crippen LogP contribution in [0.4, 0.5) is 19.0 Å². The van der Waals surface area contributed by atoms with E-state index >= 15 is 0 Å². The predicted octanol–water partition coefficient (Wildman–Crippen LogP) is 2.95. The quantitative estimate of drug-likeness (QED) is 0.868. The van der Waals surface area contributed by atoms with Crippen molar-refractivity contribution in [3.63, 3.8) is 0 Å². The molecule has 1 aliphatic heterocycles. The van der Waals surface area contributed by atoms with Gasteiger partial charge in [-0.3, -0.25) is 4.99 Å². The second kappa shape index (κ2) is 7.03. The van der Waals surface area contributed by atoms with E-state index in [1.54, 1.807) is 0 Å². The highest BCUT2D eigenvalue weighted by Gasteiger charge is 2.35. The summed E-state index contributed by atoms with van der Waals surface area (Å²) in [6.07, 6.45) is 6.52. The van der Waals surface area contributed by atoms with Crippen molar-refractivity contribution in [1.82, 2.24) is 4.98 Å². The molecule has 0 spiro atoms. The number of hydrogen-bond donors (Lipinski definition) is 1. The van der Waals surface area contributed by atoms with Gasteiger partial charge in [-0.1, -0.05) is 0 Å². The van der Waals surface area contributed by atoms with Gasteiger partial charge in [-0.25, -0.2) is 14.2 Å². The first-order chi connectivity index (χ1) is 12.4. The molecular weight excluding hydrogens is 351 g/mol. The van der Waals surface area contributed by atoms with Crippen LogP contribution in [0.1, 0.15) is 0 Å². The number of dihydropyridines is 1. The highest BCUT2D eigenvalue weighted by molar-refractivity contribution is 5.92. The number of allylic oxidation sites excluding steroid dienone is 3. The molecule has 0 fully saturated rings. The van der Waals surface area contributed by atoms with Crippen LogP contribution < -0.4 is 9.64 Å². The molecule has 0 amide bonds. The van der Waals surface area contributed by atoms with E-state index in [-0.39, 0.29) is 17.1 Å². The van der Waals surface area contributed by atoms with E-state index in [0.717, 1.165) is 6.08 Å². The lowest BCUT2D eigenvalue weighted by Gasteiger charge is -2.30. The molecule has 1 aliphatic carbocycles. The lowest BCUT2D eigenvalue weighted by Crippen LogP contribution is -2.32. The maximum absolute atomic E-state index is 14.2. The third kappa shape index (κ3) is 3.32. The Kier molecular flexibility index (Phi) is 4.79. The summed E-state index contributed by atoms with van der Waals surface area (Å²) in [5.41, 5.74) is 0.351. The summed E-state index contributed by atoms with van der Waals surface area (Å²) in [6, 6.07) is 1.90. The number of alkyl halides is 2. The normalized spacial score (nSPS) is 21.5. The SMILES string of the molecule is CN(C1=CC2C(F)=CC=C(C(=O)O)C2N=C1)c1ncccc1OC(F)F. The Bertz CT molecular complexity index is 849. The number of pyridine rings is 1. The summed E-state index contributed by atoms with van der Waals surface area (Å²) >= 11 is 0. The van der Waals surface area contributed by atoms with Crippen molar-refractivity contribution in [2.75, 3.05) is 11.9 Å². The number of halogens is 3. The largest absolute Gasteiger partial charge is 0.478 e. The van der Waals surface area contributed by atoms with Crippen LogP contribution in [0.5, 0.6) is 5.75 Å². The Morgan fingerprint density at radius 3 is 2.85 bits per heavy atom. The summed E-state index contributed by atoms with van der Waals surface area (Å²) in [7, 11) is 1.54. The van der Waals surface area contributed by atoms with Gasteiger partial charge >= 0.3 is 12.6 Å². The van der Waals surface area contributed by atoms with Gasteiger partial charge in [-0.2, -0.15) is 8.78 Å². The van der Waals surface area contributed by atoms with E-state index < -0.39 is 30.4 Å². The van der Waals surface area contributed by atoms with E-state index in [2.05, 4.69) is 14.7 Å². The van der Waals surface area contributed by atoms with Crippen molar-refractivity contribution in [3.05, 3.63) is 53.7 Å². The van der Waals surface area contributed by atoms with Crippen LogP contribution in [0, 0.1) is 5.92 Å². The van der Waals surface area contributed by atoms with Crippen LogP contribution in [-0.4, -0.2) is 42.0 Å². The number of aliphatic imine (C=N–C) groups is 1. The highest BCUT2D eigenvalue weighted by Crippen LogP contribution is 2.35. The van der Waals surface area contributed by atoms with Gasteiger partial charge < -0.3 is 14.7 Å². The molecule has 6 nitrogen and oxygen atoms in total. The van der Waals surface area contributed by atoms with Crippen molar-refractivity contribution < 1.29 is 27.8 Å². The van der Waals surface area contributed by atoms with Crippen molar-refractivity contribution >= 4 is 18.0 Å². The lowest BCUT2D eigenvalue weighted by atomic mass is 9.85. The van der Waals surface area contributed by atoms with Gasteiger partial charge in [0.1, 0.15) is 5.83 Å². The maximum Gasteiger partial charge on any atom is 0.387 e. The second-order valence-electron chi connectivity index (χ2n) is 5.58. The monoisotopic (exact) mass is 365 g/mol. The fraction of sp³-hybridized carbons (Fsp3) is 0.235. The first-order valence-corrected chi connectivity index (χ1v) is 7.57. The van der Waals surface area contributed by atoms with Gasteiger partial charge in [0.05, 0.1) is 23.2 Å². The Morgan fingerprint density at radius 2 is 2.15 bits per heavy atom. The van der Waals surface area contributed by atoms with E-state index in [1.165, 1.54) is 48.6 Å². The molecule has 0 bridgehead atoms. The number of aliphatic carboxylic acids is 1. The molecule has 0 aromatic carbocycles. The van der Waals surface area contributed by atoms with Crippen LogP contribution in [-0.2, 0) is 4.79 Å². The summed E-state index contributed by atoms with van der Waals surface area (Å²) in [6.45, 7) is -3.02. The Labute approximate surface area is 146 Å². The van der Waals surface area contributed by atoms with E-state index in [4.69, 9.17) is 0 Å². The van der Waals surface area contributed by atoms with Crippen molar-refractivity contribution in [3.8, 4) is 5.75 Å². The Morgan fingerprint density at radius 1 is 1.38 bits per heavy atom. The molecule has 0 radical (unpaired) electrons. The topological polar surface area (TPSA) is 75.0 Å². The minimum Gasteiger partial charge on any atom is -0.478 e.